The van der Waals surface area contributed by atoms with E-state index in [0.717, 1.165) is 11.1 Å². The number of primary amides is 1. The second-order valence-corrected chi connectivity index (χ2v) is 7.17. The number of carbonyl (C=O) groups excluding carboxylic acids is 3. The third-order valence-electron chi connectivity index (χ3n) is 3.89. The molecule has 144 valence electrons. The van der Waals surface area contributed by atoms with Crippen LogP contribution in [0.2, 0.25) is 0 Å². The molecule has 0 unspecified atom stereocenters. The van der Waals surface area contributed by atoms with Crippen molar-refractivity contribution in [1.82, 2.24) is 15.3 Å². The molecule has 3 amide bonds. The van der Waals surface area contributed by atoms with Gasteiger partial charge in [-0.25, -0.2) is 4.98 Å². The van der Waals surface area contributed by atoms with Crippen molar-refractivity contribution < 1.29 is 14.4 Å². The molecule has 0 fully saturated rings. The molecule has 0 aliphatic heterocycles. The van der Waals surface area contributed by atoms with Crippen LogP contribution in [0, 0.1) is 13.8 Å². The molecular weight excluding hydrogens is 378 g/mol. The molecule has 3 rings (SSSR count). The molecule has 0 radical (unpaired) electrons. The maximum absolute atomic E-state index is 12.2. The smallest absolute Gasteiger partial charge is 0.265 e. The van der Waals surface area contributed by atoms with Crippen LogP contribution in [0.4, 0.5) is 5.13 Å². The predicted molar refractivity (Wildman–Crippen MR) is 107 cm³/mol. The first-order chi connectivity index (χ1) is 13.3. The van der Waals surface area contributed by atoms with Crippen molar-refractivity contribution in [3.05, 3.63) is 58.2 Å². The summed E-state index contributed by atoms with van der Waals surface area (Å²) in [5, 5.41) is 7.38. The summed E-state index contributed by atoms with van der Waals surface area (Å²) in [7, 11) is 0. The zero-order valence-electron chi connectivity index (χ0n) is 15.3. The highest BCUT2D eigenvalue weighted by atomic mass is 32.1. The minimum Gasteiger partial charge on any atom is -0.364 e. The molecular formula is C19H19N5O3S. The first-order valence-electron chi connectivity index (χ1n) is 8.42. The first kappa shape index (κ1) is 19.3. The van der Waals surface area contributed by atoms with Crippen molar-refractivity contribution in [1.29, 1.82) is 0 Å². The van der Waals surface area contributed by atoms with Crippen LogP contribution >= 0.6 is 11.3 Å². The fourth-order valence-electron chi connectivity index (χ4n) is 2.68. The summed E-state index contributed by atoms with van der Waals surface area (Å²) in [6, 6.07) is 7.10. The molecule has 2 aromatic heterocycles. The molecule has 0 aliphatic carbocycles. The largest absolute Gasteiger partial charge is 0.364 e. The number of rotatable bonds is 6. The van der Waals surface area contributed by atoms with Crippen LogP contribution in [-0.4, -0.2) is 34.2 Å². The summed E-state index contributed by atoms with van der Waals surface area (Å²) < 4.78 is 0. The fourth-order valence-corrected chi connectivity index (χ4v) is 3.42. The lowest BCUT2D eigenvalue weighted by Crippen LogP contribution is -2.32. The Labute approximate surface area is 165 Å². The summed E-state index contributed by atoms with van der Waals surface area (Å²) in [4.78, 5) is 42.5. The summed E-state index contributed by atoms with van der Waals surface area (Å²) in [5.74, 6) is -1.26. The average Bonchev–Trinajstić information content (AvgIpc) is 3.28. The van der Waals surface area contributed by atoms with Gasteiger partial charge in [-0.3, -0.25) is 14.4 Å². The first-order valence-corrected chi connectivity index (χ1v) is 9.30. The van der Waals surface area contributed by atoms with Gasteiger partial charge in [0.25, 0.3) is 11.8 Å². The predicted octanol–water partition coefficient (Wildman–Crippen LogP) is 2.22. The van der Waals surface area contributed by atoms with Gasteiger partial charge in [-0.05, 0) is 32.0 Å². The van der Waals surface area contributed by atoms with E-state index >= 15 is 0 Å². The zero-order valence-corrected chi connectivity index (χ0v) is 16.1. The Morgan fingerprint density at radius 3 is 2.50 bits per heavy atom. The standard InChI is InChI=1S/C19H19N5O3S/c1-10-3-11(2)5-12(4-10)18(27)22-8-16(25)24-19-23-15(9-28-19)13-6-14(17(20)26)21-7-13/h3-7,9,21H,8H2,1-2H3,(H2,20,26)(H,22,27)(H,23,24,25). The average molecular weight is 397 g/mol. The van der Waals surface area contributed by atoms with E-state index in [2.05, 4.69) is 20.6 Å². The summed E-state index contributed by atoms with van der Waals surface area (Å²) in [6.45, 7) is 3.65. The molecule has 0 atom stereocenters. The Balaban J connectivity index is 1.57. The zero-order chi connectivity index (χ0) is 20.3. The molecule has 2 heterocycles. The van der Waals surface area contributed by atoms with Crippen molar-refractivity contribution in [3.63, 3.8) is 0 Å². The Bertz CT molecular complexity index is 1030. The molecule has 5 N–H and O–H groups in total. The second-order valence-electron chi connectivity index (χ2n) is 6.31. The van der Waals surface area contributed by atoms with Gasteiger partial charge in [0.2, 0.25) is 5.91 Å². The topological polar surface area (TPSA) is 130 Å². The number of amides is 3. The van der Waals surface area contributed by atoms with Crippen LogP contribution in [-0.2, 0) is 4.79 Å². The number of nitrogens with one attached hydrogen (secondary N) is 3. The summed E-state index contributed by atoms with van der Waals surface area (Å²) in [5.41, 5.74) is 9.26. The SMILES string of the molecule is Cc1cc(C)cc(C(=O)NCC(=O)Nc2nc(-c3c[nH]c(C(N)=O)c3)cs2)c1. The van der Waals surface area contributed by atoms with Crippen LogP contribution in [0.5, 0.6) is 0 Å². The lowest BCUT2D eigenvalue weighted by Gasteiger charge is -2.07. The third-order valence-corrected chi connectivity index (χ3v) is 4.65. The molecule has 3 aromatic rings. The van der Waals surface area contributed by atoms with Crippen LogP contribution in [0.1, 0.15) is 32.0 Å². The van der Waals surface area contributed by atoms with E-state index in [1.165, 1.54) is 11.3 Å². The molecule has 1 aromatic carbocycles. The number of H-pyrrole nitrogens is 1. The number of hydrogen-bond acceptors (Lipinski definition) is 5. The number of nitrogens with zero attached hydrogens (tertiary/aromatic N) is 1. The van der Waals surface area contributed by atoms with Crippen LogP contribution in [0.15, 0.2) is 35.8 Å². The minimum absolute atomic E-state index is 0.170. The number of benzene rings is 1. The monoisotopic (exact) mass is 397 g/mol. The van der Waals surface area contributed by atoms with Gasteiger partial charge in [0, 0.05) is 22.7 Å². The maximum atomic E-state index is 12.2. The number of aromatic nitrogens is 2. The lowest BCUT2D eigenvalue weighted by molar-refractivity contribution is -0.115. The van der Waals surface area contributed by atoms with E-state index < -0.39 is 5.91 Å². The van der Waals surface area contributed by atoms with Gasteiger partial charge in [0.15, 0.2) is 5.13 Å². The maximum Gasteiger partial charge on any atom is 0.265 e. The number of aromatic amines is 1. The van der Waals surface area contributed by atoms with E-state index in [0.29, 0.717) is 22.0 Å². The molecule has 0 saturated carbocycles. The second kappa shape index (κ2) is 8.05. The van der Waals surface area contributed by atoms with Crippen molar-refractivity contribution >= 4 is 34.2 Å². The van der Waals surface area contributed by atoms with E-state index in [1.807, 2.05) is 19.9 Å². The van der Waals surface area contributed by atoms with E-state index in [4.69, 9.17) is 5.73 Å². The normalized spacial score (nSPS) is 10.5. The van der Waals surface area contributed by atoms with Crippen molar-refractivity contribution in [2.24, 2.45) is 5.73 Å². The number of carbonyl (C=O) groups is 3. The molecule has 0 saturated heterocycles. The number of anilines is 1. The van der Waals surface area contributed by atoms with E-state index in [9.17, 15) is 14.4 Å². The van der Waals surface area contributed by atoms with Crippen molar-refractivity contribution in [3.8, 4) is 11.3 Å². The number of hydrogen-bond donors (Lipinski definition) is 4. The fraction of sp³-hybridized carbons (Fsp3) is 0.158. The minimum atomic E-state index is -0.561. The third kappa shape index (κ3) is 4.63. The van der Waals surface area contributed by atoms with E-state index in [-0.39, 0.29) is 24.1 Å². The Morgan fingerprint density at radius 1 is 1.14 bits per heavy atom. The highest BCUT2D eigenvalue weighted by Crippen LogP contribution is 2.25. The Hall–Kier alpha value is -3.46. The van der Waals surface area contributed by atoms with Crippen LogP contribution < -0.4 is 16.4 Å². The van der Waals surface area contributed by atoms with Gasteiger partial charge in [0.05, 0.1) is 12.2 Å². The van der Waals surface area contributed by atoms with Gasteiger partial charge in [-0.1, -0.05) is 17.2 Å². The van der Waals surface area contributed by atoms with Crippen LogP contribution in [0.25, 0.3) is 11.3 Å². The van der Waals surface area contributed by atoms with E-state index in [1.54, 1.807) is 29.8 Å². The summed E-state index contributed by atoms with van der Waals surface area (Å²) in [6.07, 6.45) is 1.62. The number of nitrogens with two attached hydrogens (primary N) is 1. The van der Waals surface area contributed by atoms with Gasteiger partial charge in [0.1, 0.15) is 5.69 Å². The highest BCUT2D eigenvalue weighted by molar-refractivity contribution is 7.14. The Morgan fingerprint density at radius 2 is 1.86 bits per heavy atom. The molecule has 9 heteroatoms. The molecule has 0 bridgehead atoms. The molecule has 28 heavy (non-hydrogen) atoms. The quantitative estimate of drug-likeness (QED) is 0.508. The van der Waals surface area contributed by atoms with Crippen molar-refractivity contribution in [2.75, 3.05) is 11.9 Å². The lowest BCUT2D eigenvalue weighted by atomic mass is 10.1. The summed E-state index contributed by atoms with van der Waals surface area (Å²) >= 11 is 1.24. The van der Waals surface area contributed by atoms with Crippen LogP contribution in [0.3, 0.4) is 0 Å². The van der Waals surface area contributed by atoms with Gasteiger partial charge in [-0.2, -0.15) is 0 Å². The number of aryl methyl sites for hydroxylation is 2. The Kier molecular flexibility index (Phi) is 5.55. The number of thiazole rings is 1. The van der Waals surface area contributed by atoms with Gasteiger partial charge < -0.3 is 21.4 Å². The van der Waals surface area contributed by atoms with Gasteiger partial charge in [-0.15, -0.1) is 11.3 Å². The molecule has 0 aliphatic rings. The molecule has 8 nitrogen and oxygen atoms in total. The van der Waals surface area contributed by atoms with Crippen molar-refractivity contribution in [2.45, 2.75) is 13.8 Å². The molecule has 0 spiro atoms. The van der Waals surface area contributed by atoms with Gasteiger partial charge >= 0.3 is 0 Å². The highest BCUT2D eigenvalue weighted by Gasteiger charge is 2.13.